The quantitative estimate of drug-likeness (QED) is 0.0883. The second-order valence-corrected chi connectivity index (χ2v) is 21.6. The Morgan fingerprint density at radius 3 is 1.75 bits per heavy atom. The molecule has 76 heavy (non-hydrogen) atoms. The van der Waals surface area contributed by atoms with Gasteiger partial charge in [-0.3, -0.25) is 47.5 Å². The molecule has 400 valence electrons. The van der Waals surface area contributed by atoms with Crippen molar-refractivity contribution < 1.29 is 23.9 Å². The van der Waals surface area contributed by atoms with E-state index < -0.39 is 22.2 Å². The summed E-state index contributed by atoms with van der Waals surface area (Å²) in [6.07, 6.45) is 15.1. The van der Waals surface area contributed by atoms with Crippen molar-refractivity contribution in [1.82, 2.24) is 33.3 Å². The summed E-state index contributed by atoms with van der Waals surface area (Å²) in [5, 5.41) is 8.62. The van der Waals surface area contributed by atoms with Gasteiger partial charge in [0.1, 0.15) is 18.8 Å². The fourth-order valence-electron chi connectivity index (χ4n) is 9.96. The molecule has 3 aromatic carbocycles. The Bertz CT molecular complexity index is 3560. The van der Waals surface area contributed by atoms with E-state index in [1.165, 1.54) is 26.3 Å². The number of alkyl halides is 1. The highest BCUT2D eigenvalue weighted by atomic mass is 79.9. The molecule has 0 atom stereocenters. The summed E-state index contributed by atoms with van der Waals surface area (Å²) in [5.74, 6) is 4.32. The maximum Gasteiger partial charge on any atom is 0.317 e. The van der Waals surface area contributed by atoms with Crippen LogP contribution in [-0.4, -0.2) is 81.6 Å². The van der Waals surface area contributed by atoms with Gasteiger partial charge in [-0.1, -0.05) is 124 Å². The van der Waals surface area contributed by atoms with E-state index in [0.717, 1.165) is 58.2 Å². The Morgan fingerprint density at radius 2 is 1.22 bits per heavy atom. The fourth-order valence-corrected chi connectivity index (χ4v) is 9.96. The number of ether oxygens (including phenoxy) is 1. The van der Waals surface area contributed by atoms with Crippen molar-refractivity contribution in [3.8, 4) is 24.7 Å². The van der Waals surface area contributed by atoms with Crippen LogP contribution in [0.2, 0.25) is 0 Å². The molecule has 1 amide bonds. The number of amides is 1. The molecule has 17 nitrogen and oxygen atoms in total. The van der Waals surface area contributed by atoms with E-state index in [1.54, 1.807) is 20.2 Å². The lowest BCUT2D eigenvalue weighted by molar-refractivity contribution is -0.136. The third-order valence-corrected chi connectivity index (χ3v) is 14.6. The Hall–Kier alpha value is -7.28. The summed E-state index contributed by atoms with van der Waals surface area (Å²) in [7, 11) is 0. The number of Topliss-reactive ketones (excluding diaryl/α,β-unsaturated/α-hetero) is 3. The van der Waals surface area contributed by atoms with Crippen molar-refractivity contribution in [3.63, 3.8) is 0 Å². The first-order chi connectivity index (χ1) is 36.0. The standard InChI is InChI=1S/C19H21N5O3.C16H16N2O2.C14H15NO2.C6H12O2.C3H3Br/c1-12(25)9-22-10-13(20-21-22)11-24-15-6-4-5-14-16(15)23(17(26)18(24)27)8-7-19(14,2)3;1-4-9-17-12-7-5-6-11-13(12)18(15(20)14(17)19)10-8-16(11,2)3;1-14(2)6-7-15-12-9(4-3-5-10(12)14)8-11(16)13(15)17;1-3-6(7)5-8-4-2;1-2-3-4/h4-6,10H,7-9,11H2,1-3H3;1,5-7H,8-10H2,2-3H3;3-5H,6-8H2,1-2H3;3-5H2,1-2H3;1H,3H2. The SMILES string of the molecule is C#CCBr.C#CCn1c(=O)c(=O)n2c3c(cccc31)C(C)(C)CC2.CC(=O)Cn1cc(Cn2c(=O)c(=O)n3c4c(cccc42)C(C)(C)CC3)nn1.CC1(C)CCN2C(=O)C(=O)Cc3cccc1c32.CCOCC(=O)CC. The van der Waals surface area contributed by atoms with Crippen LogP contribution in [0.25, 0.3) is 22.1 Å². The van der Waals surface area contributed by atoms with Gasteiger partial charge in [0, 0.05) is 39.1 Å². The van der Waals surface area contributed by atoms with Crippen molar-refractivity contribution in [2.45, 2.75) is 143 Å². The summed E-state index contributed by atoms with van der Waals surface area (Å²) < 4.78 is 12.3. The molecule has 3 aromatic heterocycles. The van der Waals surface area contributed by atoms with E-state index in [9.17, 15) is 38.4 Å². The van der Waals surface area contributed by atoms with Crippen LogP contribution in [0, 0.1) is 24.7 Å². The summed E-state index contributed by atoms with van der Waals surface area (Å²) in [6, 6.07) is 17.6. The molecule has 0 saturated carbocycles. The van der Waals surface area contributed by atoms with Gasteiger partial charge in [0.25, 0.3) is 5.91 Å². The number of aromatic nitrogens is 7. The van der Waals surface area contributed by atoms with Gasteiger partial charge in [-0.05, 0) is 83.7 Å². The zero-order chi connectivity index (χ0) is 55.9. The summed E-state index contributed by atoms with van der Waals surface area (Å²) in [6.45, 7) is 21.3. The normalized spacial score (nSPS) is 15.7. The Morgan fingerprint density at radius 1 is 0.711 bits per heavy atom. The van der Waals surface area contributed by atoms with E-state index in [1.807, 2.05) is 62.4 Å². The fraction of sp³-hybridized carbons (Fsp3) is 0.448. The van der Waals surface area contributed by atoms with Crippen LogP contribution < -0.4 is 27.1 Å². The summed E-state index contributed by atoms with van der Waals surface area (Å²) in [5.41, 5.74) is 6.92. The molecule has 6 aromatic rings. The Balaban J connectivity index is 0.000000170. The number of rotatable bonds is 9. The van der Waals surface area contributed by atoms with Crippen molar-refractivity contribution in [1.29, 1.82) is 0 Å². The zero-order valence-corrected chi connectivity index (χ0v) is 46.5. The van der Waals surface area contributed by atoms with Crippen LogP contribution in [0.15, 0.2) is 80.0 Å². The number of anilines is 1. The molecule has 0 saturated heterocycles. The third-order valence-electron chi connectivity index (χ3n) is 14.3. The highest BCUT2D eigenvalue weighted by Gasteiger charge is 2.40. The number of hydrogen-bond acceptors (Lipinski definition) is 11. The molecule has 0 radical (unpaired) electrons. The van der Waals surface area contributed by atoms with Gasteiger partial charge < -0.3 is 18.8 Å². The lowest BCUT2D eigenvalue weighted by Gasteiger charge is -2.41. The van der Waals surface area contributed by atoms with Crippen LogP contribution in [-0.2, 0) is 79.3 Å². The summed E-state index contributed by atoms with van der Waals surface area (Å²) in [4.78, 5) is 96.8. The van der Waals surface area contributed by atoms with Crippen LogP contribution in [0.3, 0.4) is 0 Å². The number of halogens is 1. The van der Waals surface area contributed by atoms with Crippen molar-refractivity contribution in [2.75, 3.05) is 30.0 Å². The minimum atomic E-state index is -0.569. The van der Waals surface area contributed by atoms with Crippen molar-refractivity contribution in [3.05, 3.63) is 130 Å². The van der Waals surface area contributed by atoms with Crippen LogP contribution >= 0.6 is 15.9 Å². The predicted molar refractivity (Wildman–Crippen MR) is 298 cm³/mol. The highest BCUT2D eigenvalue weighted by molar-refractivity contribution is 9.09. The number of benzene rings is 3. The molecule has 18 heteroatoms. The minimum Gasteiger partial charge on any atom is -0.374 e. The Labute approximate surface area is 450 Å². The van der Waals surface area contributed by atoms with E-state index in [-0.39, 0.29) is 72.2 Å². The largest absolute Gasteiger partial charge is 0.374 e. The Kier molecular flexibility index (Phi) is 18.4. The number of terminal acetylenes is 2. The summed E-state index contributed by atoms with van der Waals surface area (Å²) >= 11 is 3.01. The maximum absolute atomic E-state index is 12.8. The second kappa shape index (κ2) is 24.2. The molecule has 4 aliphatic rings. The first-order valence-corrected chi connectivity index (χ1v) is 26.5. The van der Waals surface area contributed by atoms with E-state index in [4.69, 9.17) is 17.6 Å². The first kappa shape index (κ1) is 58.0. The van der Waals surface area contributed by atoms with E-state index >= 15 is 0 Å². The first-order valence-electron chi connectivity index (χ1n) is 25.4. The molecule has 0 bridgehead atoms. The second-order valence-electron chi connectivity index (χ2n) is 21.0. The lowest BCUT2D eigenvalue weighted by atomic mass is 9.75. The van der Waals surface area contributed by atoms with Crippen molar-refractivity contribution in [2.24, 2.45) is 0 Å². The number of ketones is 3. The number of hydrogen-bond donors (Lipinski definition) is 0. The monoisotopic (exact) mass is 1100 g/mol. The molecule has 4 aliphatic heterocycles. The molecule has 7 heterocycles. The van der Waals surface area contributed by atoms with Crippen LogP contribution in [0.1, 0.15) is 116 Å². The van der Waals surface area contributed by atoms with Gasteiger partial charge >= 0.3 is 22.2 Å². The predicted octanol–water partition coefficient (Wildman–Crippen LogP) is 6.39. The molecular weight excluding hydrogens is 1030 g/mol. The maximum atomic E-state index is 12.8. The number of nitrogens with zero attached hydrogens (tertiary/aromatic N) is 8. The minimum absolute atomic E-state index is 0.00960. The van der Waals surface area contributed by atoms with Gasteiger partial charge in [0.05, 0.1) is 52.4 Å². The molecular formula is C58H67BrN8O9. The van der Waals surface area contributed by atoms with Crippen molar-refractivity contribution >= 4 is 66.9 Å². The number of carbonyl (C=O) groups is 4. The van der Waals surface area contributed by atoms with E-state index in [0.29, 0.717) is 49.2 Å². The average Bonchev–Trinajstić information content (AvgIpc) is 3.89. The lowest BCUT2D eigenvalue weighted by Crippen LogP contribution is -2.47. The third kappa shape index (κ3) is 12.2. The van der Waals surface area contributed by atoms with Gasteiger partial charge in [0.15, 0.2) is 11.6 Å². The van der Waals surface area contributed by atoms with Gasteiger partial charge in [-0.25, -0.2) is 4.68 Å². The zero-order valence-electron chi connectivity index (χ0n) is 45.0. The number of aryl methyl sites for hydroxylation is 2. The molecule has 0 unspecified atom stereocenters. The average molecular weight is 1100 g/mol. The molecule has 0 N–H and O–H groups in total. The van der Waals surface area contributed by atoms with Gasteiger partial charge in [0.2, 0.25) is 5.78 Å². The molecule has 0 fully saturated rings. The number of carbonyl (C=O) groups excluding carboxylic acids is 4. The smallest absolute Gasteiger partial charge is 0.317 e. The molecule has 10 rings (SSSR count). The number of para-hydroxylation sites is 3. The van der Waals surface area contributed by atoms with Gasteiger partial charge in [-0.15, -0.1) is 17.9 Å². The van der Waals surface area contributed by atoms with Crippen LogP contribution in [0.4, 0.5) is 5.69 Å². The van der Waals surface area contributed by atoms with Gasteiger partial charge in [-0.2, -0.15) is 0 Å². The molecule has 0 aliphatic carbocycles. The van der Waals surface area contributed by atoms with E-state index in [2.05, 4.69) is 85.7 Å². The van der Waals surface area contributed by atoms with Crippen LogP contribution in [0.5, 0.6) is 0 Å². The molecule has 0 spiro atoms. The highest BCUT2D eigenvalue weighted by Crippen LogP contribution is 2.43. The topological polar surface area (TPSA) is 199 Å².